The van der Waals surface area contributed by atoms with Crippen molar-refractivity contribution >= 4 is 5.91 Å². The van der Waals surface area contributed by atoms with Crippen LogP contribution in [0.25, 0.3) is 0 Å². The molecule has 5 nitrogen and oxygen atoms in total. The van der Waals surface area contributed by atoms with Crippen LogP contribution in [0.5, 0.6) is 5.75 Å². The normalized spacial score (nSPS) is 25.3. The van der Waals surface area contributed by atoms with E-state index in [0.717, 1.165) is 64.2 Å². The molecule has 1 aromatic carbocycles. The summed E-state index contributed by atoms with van der Waals surface area (Å²) in [5.74, 6) is 1.77. The number of carbonyl (C=O) groups is 1. The predicted molar refractivity (Wildman–Crippen MR) is 100 cm³/mol. The molecule has 0 spiro atoms. The zero-order chi connectivity index (χ0) is 17.8. The first-order valence-electron chi connectivity index (χ1n) is 10.1. The van der Waals surface area contributed by atoms with E-state index >= 15 is 0 Å². The summed E-state index contributed by atoms with van der Waals surface area (Å²) in [5, 5.41) is 3.19. The second-order valence-electron chi connectivity index (χ2n) is 7.89. The van der Waals surface area contributed by atoms with E-state index in [1.807, 2.05) is 12.1 Å². The van der Waals surface area contributed by atoms with Crippen molar-refractivity contribution in [1.82, 2.24) is 10.2 Å². The lowest BCUT2D eigenvalue weighted by molar-refractivity contribution is -0.127. The first-order chi connectivity index (χ1) is 12.8. The highest BCUT2D eigenvalue weighted by molar-refractivity contribution is 5.78. The molecule has 3 aliphatic heterocycles. The quantitative estimate of drug-likeness (QED) is 0.897. The number of hydrogen-bond acceptors (Lipinski definition) is 4. The number of para-hydroxylation sites is 1. The van der Waals surface area contributed by atoms with Crippen LogP contribution in [0.3, 0.4) is 0 Å². The number of fused-ring (bicyclic) bond motifs is 1. The van der Waals surface area contributed by atoms with Gasteiger partial charge < -0.3 is 19.7 Å². The monoisotopic (exact) mass is 358 g/mol. The van der Waals surface area contributed by atoms with E-state index in [4.69, 9.17) is 9.47 Å². The van der Waals surface area contributed by atoms with Gasteiger partial charge in [0, 0.05) is 37.6 Å². The first kappa shape index (κ1) is 17.8. The van der Waals surface area contributed by atoms with Gasteiger partial charge in [-0.1, -0.05) is 18.2 Å². The molecule has 1 amide bonds. The van der Waals surface area contributed by atoms with Gasteiger partial charge in [0.2, 0.25) is 5.91 Å². The molecule has 4 rings (SSSR count). The maximum Gasteiger partial charge on any atom is 0.223 e. The van der Waals surface area contributed by atoms with Gasteiger partial charge in [-0.3, -0.25) is 4.79 Å². The maximum atomic E-state index is 12.6. The van der Waals surface area contributed by atoms with E-state index in [2.05, 4.69) is 22.3 Å². The van der Waals surface area contributed by atoms with Crippen LogP contribution in [0, 0.1) is 11.8 Å². The van der Waals surface area contributed by atoms with Gasteiger partial charge in [-0.25, -0.2) is 0 Å². The molecule has 2 saturated heterocycles. The molecule has 1 atom stereocenters. The standard InChI is InChI=1S/C21H30N2O3/c24-21(17-5-9-23(10-6-17)19-7-11-25-12-8-19)22-14-16-13-18-3-1-2-4-20(18)26-15-16/h1-4,16-17,19H,5-15H2,(H,22,24)/t16-/m1/s1. The van der Waals surface area contributed by atoms with Crippen LogP contribution in [0.2, 0.25) is 0 Å². The minimum atomic E-state index is 0.169. The number of nitrogens with one attached hydrogen (secondary N) is 1. The van der Waals surface area contributed by atoms with Gasteiger partial charge in [0.25, 0.3) is 0 Å². The van der Waals surface area contributed by atoms with Crippen LogP contribution in [0.4, 0.5) is 0 Å². The topological polar surface area (TPSA) is 50.8 Å². The molecular weight excluding hydrogens is 328 g/mol. The van der Waals surface area contributed by atoms with Crippen LogP contribution >= 0.6 is 0 Å². The highest BCUT2D eigenvalue weighted by Crippen LogP contribution is 2.27. The minimum Gasteiger partial charge on any atom is -0.493 e. The molecule has 5 heteroatoms. The van der Waals surface area contributed by atoms with Gasteiger partial charge in [-0.15, -0.1) is 0 Å². The van der Waals surface area contributed by atoms with Crippen LogP contribution in [0.15, 0.2) is 24.3 Å². The van der Waals surface area contributed by atoms with Gasteiger partial charge in [-0.05, 0) is 56.8 Å². The molecular formula is C21H30N2O3. The lowest BCUT2D eigenvalue weighted by Crippen LogP contribution is -2.47. The Bertz CT molecular complexity index is 607. The average Bonchev–Trinajstić information content (AvgIpc) is 2.72. The summed E-state index contributed by atoms with van der Waals surface area (Å²) >= 11 is 0. The lowest BCUT2D eigenvalue weighted by Gasteiger charge is -2.38. The fraction of sp³-hybridized carbons (Fsp3) is 0.667. The van der Waals surface area contributed by atoms with Gasteiger partial charge >= 0.3 is 0 Å². The Hall–Kier alpha value is -1.59. The molecule has 0 saturated carbocycles. The van der Waals surface area contributed by atoms with E-state index in [1.54, 1.807) is 0 Å². The smallest absolute Gasteiger partial charge is 0.223 e. The van der Waals surface area contributed by atoms with Gasteiger partial charge in [0.05, 0.1) is 6.61 Å². The van der Waals surface area contributed by atoms with Crippen molar-refractivity contribution in [3.63, 3.8) is 0 Å². The number of likely N-dealkylation sites (tertiary alicyclic amines) is 1. The summed E-state index contributed by atoms with van der Waals surface area (Å²) in [7, 11) is 0. The largest absolute Gasteiger partial charge is 0.493 e. The summed E-state index contributed by atoms with van der Waals surface area (Å²) in [6.07, 6.45) is 5.22. The third-order valence-electron chi connectivity index (χ3n) is 6.13. The Labute approximate surface area is 156 Å². The molecule has 1 aromatic rings. The fourth-order valence-electron chi connectivity index (χ4n) is 4.49. The van der Waals surface area contributed by atoms with Crippen LogP contribution in [-0.4, -0.2) is 56.3 Å². The molecule has 142 valence electrons. The number of piperidine rings is 1. The number of hydrogen-bond donors (Lipinski definition) is 1. The Kier molecular flexibility index (Phi) is 5.75. The number of benzene rings is 1. The second kappa shape index (κ2) is 8.40. The second-order valence-corrected chi connectivity index (χ2v) is 7.89. The summed E-state index contributed by atoms with van der Waals surface area (Å²) in [5.41, 5.74) is 1.25. The zero-order valence-electron chi connectivity index (χ0n) is 15.5. The first-order valence-corrected chi connectivity index (χ1v) is 10.1. The number of ether oxygens (including phenoxy) is 2. The molecule has 0 unspecified atom stereocenters. The summed E-state index contributed by atoms with van der Waals surface area (Å²) in [4.78, 5) is 15.1. The Balaban J connectivity index is 1.20. The zero-order valence-corrected chi connectivity index (χ0v) is 15.5. The number of carbonyl (C=O) groups excluding carboxylic acids is 1. The molecule has 2 fully saturated rings. The summed E-state index contributed by atoms with van der Waals surface area (Å²) < 4.78 is 11.3. The fourth-order valence-corrected chi connectivity index (χ4v) is 4.49. The van der Waals surface area contributed by atoms with Crippen LogP contribution < -0.4 is 10.1 Å². The number of amides is 1. The summed E-state index contributed by atoms with van der Waals surface area (Å²) in [6, 6.07) is 8.86. The van der Waals surface area contributed by atoms with E-state index in [1.165, 1.54) is 5.56 Å². The Morgan fingerprint density at radius 1 is 1.12 bits per heavy atom. The number of rotatable bonds is 4. The molecule has 3 aliphatic rings. The SMILES string of the molecule is O=C(NC[C@@H]1COc2ccccc2C1)C1CCN(C2CCOCC2)CC1. The van der Waals surface area contributed by atoms with Crippen molar-refractivity contribution in [2.45, 2.75) is 38.1 Å². The minimum absolute atomic E-state index is 0.169. The highest BCUT2D eigenvalue weighted by Gasteiger charge is 2.30. The van der Waals surface area contributed by atoms with Crippen LogP contribution in [-0.2, 0) is 16.0 Å². The Morgan fingerprint density at radius 2 is 1.88 bits per heavy atom. The molecule has 1 N–H and O–H groups in total. The predicted octanol–water partition coefficient (Wildman–Crippen LogP) is 2.24. The van der Waals surface area contributed by atoms with Crippen molar-refractivity contribution in [2.75, 3.05) is 39.5 Å². The van der Waals surface area contributed by atoms with Crippen molar-refractivity contribution in [3.05, 3.63) is 29.8 Å². The molecule has 0 aromatic heterocycles. The van der Waals surface area contributed by atoms with Crippen molar-refractivity contribution < 1.29 is 14.3 Å². The lowest BCUT2D eigenvalue weighted by atomic mass is 9.92. The molecule has 0 aliphatic carbocycles. The molecule has 0 radical (unpaired) electrons. The average molecular weight is 358 g/mol. The maximum absolute atomic E-state index is 12.6. The number of nitrogens with zero attached hydrogens (tertiary/aromatic N) is 1. The highest BCUT2D eigenvalue weighted by atomic mass is 16.5. The molecule has 3 heterocycles. The van der Waals surface area contributed by atoms with Crippen molar-refractivity contribution in [2.24, 2.45) is 11.8 Å². The molecule has 26 heavy (non-hydrogen) atoms. The third kappa shape index (κ3) is 4.21. The van der Waals surface area contributed by atoms with E-state index in [9.17, 15) is 4.79 Å². The van der Waals surface area contributed by atoms with E-state index in [-0.39, 0.29) is 11.8 Å². The van der Waals surface area contributed by atoms with Crippen LogP contribution in [0.1, 0.15) is 31.2 Å². The van der Waals surface area contributed by atoms with Gasteiger partial charge in [0.15, 0.2) is 0 Å². The third-order valence-corrected chi connectivity index (χ3v) is 6.13. The van der Waals surface area contributed by atoms with Crippen molar-refractivity contribution in [1.29, 1.82) is 0 Å². The van der Waals surface area contributed by atoms with E-state index < -0.39 is 0 Å². The van der Waals surface area contributed by atoms with Gasteiger partial charge in [0.1, 0.15) is 5.75 Å². The van der Waals surface area contributed by atoms with Gasteiger partial charge in [-0.2, -0.15) is 0 Å². The molecule has 0 bridgehead atoms. The summed E-state index contributed by atoms with van der Waals surface area (Å²) in [6.45, 7) is 5.27. The van der Waals surface area contributed by atoms with E-state index in [0.29, 0.717) is 25.1 Å². The van der Waals surface area contributed by atoms with Crippen molar-refractivity contribution in [3.8, 4) is 5.75 Å². The Morgan fingerprint density at radius 3 is 2.69 bits per heavy atom.